The summed E-state index contributed by atoms with van der Waals surface area (Å²) >= 11 is 0. The van der Waals surface area contributed by atoms with E-state index in [-0.39, 0.29) is 6.04 Å². The average Bonchev–Trinajstić information content (AvgIpc) is 2.94. The summed E-state index contributed by atoms with van der Waals surface area (Å²) in [7, 11) is 0. The molecule has 3 rings (SSSR count). The van der Waals surface area contributed by atoms with E-state index in [4.69, 9.17) is 10.2 Å². The molecule has 0 spiro atoms. The minimum absolute atomic E-state index is 0.0341. The molecule has 0 bridgehead atoms. The Hall–Kier alpha value is -2.23. The first kappa shape index (κ1) is 10.9. The van der Waals surface area contributed by atoms with Crippen molar-refractivity contribution in [3.05, 3.63) is 47.9 Å². The lowest BCUT2D eigenvalue weighted by molar-refractivity contribution is 0.453. The molecule has 2 N–H and O–H groups in total. The number of hydrogen-bond donors (Lipinski definition) is 1. The second-order valence-corrected chi connectivity index (χ2v) is 4.52. The zero-order valence-corrected chi connectivity index (χ0v) is 10.4. The van der Waals surface area contributed by atoms with Crippen LogP contribution in [0.15, 0.2) is 41.0 Å². The molecule has 2 heterocycles. The van der Waals surface area contributed by atoms with Gasteiger partial charge in [-0.3, -0.25) is 4.57 Å². The first-order chi connectivity index (χ1) is 8.66. The molecule has 0 aliphatic heterocycles. The molecule has 3 aromatic rings. The molecule has 1 aromatic carbocycles. The molecule has 0 saturated heterocycles. The summed E-state index contributed by atoms with van der Waals surface area (Å²) in [5.74, 6) is 1.39. The summed E-state index contributed by atoms with van der Waals surface area (Å²) in [5, 5.41) is 0. The number of nitrogens with zero attached hydrogens (tertiary/aromatic N) is 2. The van der Waals surface area contributed by atoms with Crippen molar-refractivity contribution in [3.8, 4) is 0 Å². The summed E-state index contributed by atoms with van der Waals surface area (Å²) in [6.45, 7) is 4.11. The third-order valence-electron chi connectivity index (χ3n) is 3.21. The van der Waals surface area contributed by atoms with Crippen LogP contribution >= 0.6 is 0 Å². The largest absolute Gasteiger partial charge is 0.467 e. The molecule has 0 aliphatic rings. The Balaban J connectivity index is 2.22. The topological polar surface area (TPSA) is 57.0 Å². The van der Waals surface area contributed by atoms with E-state index in [0.29, 0.717) is 5.95 Å². The highest BCUT2D eigenvalue weighted by atomic mass is 16.3. The van der Waals surface area contributed by atoms with Gasteiger partial charge in [0.1, 0.15) is 5.76 Å². The van der Waals surface area contributed by atoms with Crippen molar-refractivity contribution in [1.29, 1.82) is 0 Å². The maximum absolute atomic E-state index is 6.02. The minimum Gasteiger partial charge on any atom is -0.467 e. The Morgan fingerprint density at radius 3 is 2.89 bits per heavy atom. The fourth-order valence-corrected chi connectivity index (χ4v) is 2.28. The van der Waals surface area contributed by atoms with Crippen LogP contribution in [0.5, 0.6) is 0 Å². The van der Waals surface area contributed by atoms with Crippen molar-refractivity contribution >= 4 is 17.0 Å². The molecule has 18 heavy (non-hydrogen) atoms. The van der Waals surface area contributed by atoms with Crippen molar-refractivity contribution in [2.75, 3.05) is 5.73 Å². The van der Waals surface area contributed by atoms with Gasteiger partial charge in [-0.05, 0) is 43.7 Å². The lowest BCUT2D eigenvalue weighted by Gasteiger charge is -2.13. The molecule has 1 unspecified atom stereocenters. The van der Waals surface area contributed by atoms with Gasteiger partial charge in [-0.25, -0.2) is 4.98 Å². The fourth-order valence-electron chi connectivity index (χ4n) is 2.28. The normalized spacial score (nSPS) is 13.0. The Bertz CT molecular complexity index is 682. The Kier molecular flexibility index (Phi) is 2.37. The Morgan fingerprint density at radius 2 is 2.17 bits per heavy atom. The number of imidazole rings is 1. The van der Waals surface area contributed by atoms with Gasteiger partial charge in [0.15, 0.2) is 0 Å². The predicted molar refractivity (Wildman–Crippen MR) is 71.4 cm³/mol. The summed E-state index contributed by atoms with van der Waals surface area (Å²) in [6, 6.07) is 9.99. The molecule has 0 saturated carbocycles. The zero-order chi connectivity index (χ0) is 12.7. The quantitative estimate of drug-likeness (QED) is 0.749. The molecule has 2 aromatic heterocycles. The second kappa shape index (κ2) is 3.91. The predicted octanol–water partition coefficient (Wildman–Crippen LogP) is 3.13. The van der Waals surface area contributed by atoms with E-state index in [9.17, 15) is 0 Å². The highest BCUT2D eigenvalue weighted by molar-refractivity contribution is 5.79. The number of hydrogen-bond acceptors (Lipinski definition) is 3. The van der Waals surface area contributed by atoms with Crippen LogP contribution in [-0.2, 0) is 0 Å². The average molecular weight is 241 g/mol. The van der Waals surface area contributed by atoms with Gasteiger partial charge in [0.05, 0.1) is 23.3 Å². The molecule has 0 aliphatic carbocycles. The summed E-state index contributed by atoms with van der Waals surface area (Å²) in [6.07, 6.45) is 1.67. The molecule has 1 atom stereocenters. The first-order valence-electron chi connectivity index (χ1n) is 5.94. The van der Waals surface area contributed by atoms with Crippen molar-refractivity contribution in [3.63, 3.8) is 0 Å². The maximum Gasteiger partial charge on any atom is 0.201 e. The van der Waals surface area contributed by atoms with E-state index in [0.717, 1.165) is 16.8 Å². The van der Waals surface area contributed by atoms with Crippen LogP contribution in [0, 0.1) is 6.92 Å². The highest BCUT2D eigenvalue weighted by Gasteiger charge is 2.17. The SMILES string of the molecule is Cc1ccc2nc(N)n(C(C)c3ccco3)c2c1. The van der Waals surface area contributed by atoms with Crippen molar-refractivity contribution in [2.24, 2.45) is 0 Å². The smallest absolute Gasteiger partial charge is 0.201 e. The number of anilines is 1. The van der Waals surface area contributed by atoms with Crippen LogP contribution in [0.2, 0.25) is 0 Å². The number of aromatic nitrogens is 2. The van der Waals surface area contributed by atoms with Crippen LogP contribution in [0.1, 0.15) is 24.3 Å². The first-order valence-corrected chi connectivity index (χ1v) is 5.94. The lowest BCUT2D eigenvalue weighted by Crippen LogP contribution is -2.09. The Labute approximate surface area is 105 Å². The summed E-state index contributed by atoms with van der Waals surface area (Å²) in [5.41, 5.74) is 9.16. The van der Waals surface area contributed by atoms with Gasteiger partial charge in [-0.1, -0.05) is 6.07 Å². The van der Waals surface area contributed by atoms with Gasteiger partial charge in [0.2, 0.25) is 5.95 Å². The molecular formula is C14H15N3O. The third-order valence-corrected chi connectivity index (χ3v) is 3.21. The van der Waals surface area contributed by atoms with E-state index in [1.807, 2.05) is 28.8 Å². The van der Waals surface area contributed by atoms with E-state index in [2.05, 4.69) is 24.9 Å². The zero-order valence-electron chi connectivity index (χ0n) is 10.4. The van der Waals surface area contributed by atoms with Gasteiger partial charge in [-0.2, -0.15) is 0 Å². The molecule has 4 heteroatoms. The maximum atomic E-state index is 6.02. The van der Waals surface area contributed by atoms with Gasteiger partial charge >= 0.3 is 0 Å². The van der Waals surface area contributed by atoms with E-state index in [1.54, 1.807) is 6.26 Å². The molecule has 4 nitrogen and oxygen atoms in total. The number of benzene rings is 1. The van der Waals surface area contributed by atoms with Gasteiger partial charge in [0.25, 0.3) is 0 Å². The van der Waals surface area contributed by atoms with Crippen molar-refractivity contribution in [1.82, 2.24) is 9.55 Å². The monoisotopic (exact) mass is 241 g/mol. The molecule has 0 amide bonds. The minimum atomic E-state index is 0.0341. The lowest BCUT2D eigenvalue weighted by atomic mass is 10.2. The molecule has 92 valence electrons. The van der Waals surface area contributed by atoms with E-state index in [1.165, 1.54) is 5.56 Å². The van der Waals surface area contributed by atoms with Crippen LogP contribution in [0.4, 0.5) is 5.95 Å². The highest BCUT2D eigenvalue weighted by Crippen LogP contribution is 2.27. The van der Waals surface area contributed by atoms with Crippen molar-refractivity contribution in [2.45, 2.75) is 19.9 Å². The number of fused-ring (bicyclic) bond motifs is 1. The molecular weight excluding hydrogens is 226 g/mol. The van der Waals surface area contributed by atoms with Gasteiger partial charge < -0.3 is 10.2 Å². The van der Waals surface area contributed by atoms with Crippen LogP contribution in [0.25, 0.3) is 11.0 Å². The third kappa shape index (κ3) is 1.57. The number of aryl methyl sites for hydroxylation is 1. The number of rotatable bonds is 2. The fraction of sp³-hybridized carbons (Fsp3) is 0.214. The number of nitrogen functional groups attached to an aromatic ring is 1. The van der Waals surface area contributed by atoms with Crippen LogP contribution in [0.3, 0.4) is 0 Å². The molecule has 0 fully saturated rings. The second-order valence-electron chi connectivity index (χ2n) is 4.52. The van der Waals surface area contributed by atoms with E-state index < -0.39 is 0 Å². The number of nitrogens with two attached hydrogens (primary N) is 1. The molecule has 0 radical (unpaired) electrons. The summed E-state index contributed by atoms with van der Waals surface area (Å²) < 4.78 is 7.45. The summed E-state index contributed by atoms with van der Waals surface area (Å²) in [4.78, 5) is 4.38. The van der Waals surface area contributed by atoms with Crippen molar-refractivity contribution < 1.29 is 4.42 Å². The Morgan fingerprint density at radius 1 is 1.33 bits per heavy atom. The van der Waals surface area contributed by atoms with Crippen LogP contribution in [-0.4, -0.2) is 9.55 Å². The van der Waals surface area contributed by atoms with Gasteiger partial charge in [-0.15, -0.1) is 0 Å². The van der Waals surface area contributed by atoms with Gasteiger partial charge in [0, 0.05) is 0 Å². The number of furan rings is 1. The van der Waals surface area contributed by atoms with E-state index >= 15 is 0 Å². The standard InChI is InChI=1S/C14H15N3O/c1-9-5-6-11-12(8-9)17(14(15)16-11)10(2)13-4-3-7-18-13/h3-8,10H,1-2H3,(H2,15,16). The van der Waals surface area contributed by atoms with Crippen LogP contribution < -0.4 is 5.73 Å².